The van der Waals surface area contributed by atoms with Crippen molar-refractivity contribution >= 4 is 44.6 Å². The van der Waals surface area contributed by atoms with Crippen LogP contribution in [0.2, 0.25) is 0 Å². The van der Waals surface area contributed by atoms with Gasteiger partial charge in [0.2, 0.25) is 21.8 Å². The summed E-state index contributed by atoms with van der Waals surface area (Å²) >= 11 is 0. The van der Waals surface area contributed by atoms with Gasteiger partial charge in [-0.2, -0.15) is 5.10 Å². The molecule has 55 heavy (non-hydrogen) atoms. The number of hydrogen-bond acceptors (Lipinski definition) is 10. The first-order valence-electron chi connectivity index (χ1n) is 18.5. The Morgan fingerprint density at radius 3 is 2.55 bits per heavy atom. The fraction of sp³-hybridized carbons (Fsp3) is 0.436. The average molecular weight is 773 g/mol. The predicted molar refractivity (Wildman–Crippen MR) is 202 cm³/mol. The summed E-state index contributed by atoms with van der Waals surface area (Å²) in [6.07, 6.45) is 6.83. The summed E-state index contributed by atoms with van der Waals surface area (Å²) in [5, 5.41) is 11.1. The molecule has 0 radical (unpaired) electrons. The number of sulfonamides is 1. The van der Waals surface area contributed by atoms with E-state index in [4.69, 9.17) is 9.47 Å². The Kier molecular flexibility index (Phi) is 10.3. The van der Waals surface area contributed by atoms with Gasteiger partial charge in [0.1, 0.15) is 24.2 Å². The zero-order valence-electron chi connectivity index (χ0n) is 30.6. The van der Waals surface area contributed by atoms with Crippen LogP contribution in [0.5, 0.6) is 5.75 Å². The maximum Gasteiger partial charge on any atom is 0.408 e. The van der Waals surface area contributed by atoms with Crippen molar-refractivity contribution in [3.05, 3.63) is 83.8 Å². The predicted octanol–water partition coefficient (Wildman–Crippen LogP) is 2.96. The molecule has 3 aromatic rings. The molecule has 4 amide bonds. The Morgan fingerprint density at radius 2 is 1.84 bits per heavy atom. The second-order valence-corrected chi connectivity index (χ2v) is 16.8. The molecule has 4 bridgehead atoms. The highest BCUT2D eigenvalue weighted by Crippen LogP contribution is 2.46. The van der Waals surface area contributed by atoms with E-state index >= 15 is 0 Å². The van der Waals surface area contributed by atoms with Gasteiger partial charge in [0.05, 0.1) is 29.7 Å². The topological polar surface area (TPSA) is 195 Å². The van der Waals surface area contributed by atoms with Gasteiger partial charge in [0.15, 0.2) is 5.75 Å². The van der Waals surface area contributed by atoms with Gasteiger partial charge in [-0.1, -0.05) is 68.5 Å². The molecular formula is C39H44N6O9S. The molecule has 16 heteroatoms. The molecule has 2 saturated carbocycles. The number of carbonyl (C=O) groups is 4. The van der Waals surface area contributed by atoms with E-state index in [-0.39, 0.29) is 43.9 Å². The zero-order valence-corrected chi connectivity index (χ0v) is 31.4. The van der Waals surface area contributed by atoms with Crippen LogP contribution in [-0.2, 0) is 29.1 Å². The molecule has 8 rings (SSSR count). The van der Waals surface area contributed by atoms with Gasteiger partial charge in [0.25, 0.3) is 11.5 Å². The number of rotatable bonds is 8. The van der Waals surface area contributed by atoms with Gasteiger partial charge in [-0.3, -0.25) is 23.9 Å². The Morgan fingerprint density at radius 1 is 1.07 bits per heavy atom. The molecule has 0 spiro atoms. The van der Waals surface area contributed by atoms with Crippen LogP contribution < -0.4 is 25.7 Å². The lowest BCUT2D eigenvalue weighted by Crippen LogP contribution is -2.59. The zero-order chi connectivity index (χ0) is 39.1. The normalized spacial score (nSPS) is 26.3. The minimum Gasteiger partial charge on any atom is -0.491 e. The lowest BCUT2D eigenvalue weighted by Gasteiger charge is -2.31. The summed E-state index contributed by atoms with van der Waals surface area (Å²) in [5.41, 5.74) is -1.26. The number of nitrogens with one attached hydrogen (secondary N) is 3. The van der Waals surface area contributed by atoms with Crippen LogP contribution in [0, 0.1) is 11.8 Å². The molecule has 290 valence electrons. The quantitative estimate of drug-likeness (QED) is 0.287. The van der Waals surface area contributed by atoms with Crippen molar-refractivity contribution in [1.29, 1.82) is 0 Å². The fourth-order valence-corrected chi connectivity index (χ4v) is 8.71. The molecule has 4 heterocycles. The Hall–Kier alpha value is -5.51. The second-order valence-electron chi connectivity index (χ2n) is 14.8. The lowest BCUT2D eigenvalue weighted by molar-refractivity contribution is -0.141. The number of aromatic nitrogens is 2. The smallest absolute Gasteiger partial charge is 0.408 e. The third kappa shape index (κ3) is 7.59. The van der Waals surface area contributed by atoms with Gasteiger partial charge in [-0.05, 0) is 54.0 Å². The molecule has 5 aliphatic rings. The molecule has 1 aromatic heterocycles. The average Bonchev–Trinajstić information content (AvgIpc) is 4.09. The van der Waals surface area contributed by atoms with Crippen LogP contribution in [-0.4, -0.2) is 89.5 Å². The van der Waals surface area contributed by atoms with Crippen molar-refractivity contribution in [3.63, 3.8) is 0 Å². The second kappa shape index (κ2) is 15.0. The Balaban J connectivity index is 1.27. The van der Waals surface area contributed by atoms with Gasteiger partial charge < -0.3 is 25.0 Å². The number of benzene rings is 2. The number of ether oxygens (including phenoxy) is 2. The highest BCUT2D eigenvalue weighted by atomic mass is 32.2. The van der Waals surface area contributed by atoms with Crippen molar-refractivity contribution in [2.45, 2.75) is 74.9 Å². The van der Waals surface area contributed by atoms with E-state index in [1.165, 1.54) is 21.9 Å². The van der Waals surface area contributed by atoms with Crippen LogP contribution in [0.25, 0.3) is 21.9 Å². The van der Waals surface area contributed by atoms with Crippen LogP contribution in [0.1, 0.15) is 52.0 Å². The number of fused-ring (bicyclic) bond motifs is 12. The van der Waals surface area contributed by atoms with Gasteiger partial charge in [-0.25, -0.2) is 17.9 Å². The summed E-state index contributed by atoms with van der Waals surface area (Å²) < 4.78 is 40.2. The van der Waals surface area contributed by atoms with Crippen molar-refractivity contribution in [2.24, 2.45) is 11.8 Å². The van der Waals surface area contributed by atoms with Crippen molar-refractivity contribution in [2.75, 3.05) is 19.8 Å². The molecule has 3 N–H and O–H groups in total. The molecule has 3 fully saturated rings. The van der Waals surface area contributed by atoms with E-state index in [9.17, 15) is 32.4 Å². The lowest BCUT2D eigenvalue weighted by atomic mass is 10.0. The first kappa shape index (κ1) is 37.8. The molecule has 2 aliphatic carbocycles. The fourth-order valence-electron chi connectivity index (χ4n) is 7.34. The maximum absolute atomic E-state index is 14.6. The van der Waals surface area contributed by atoms with E-state index in [2.05, 4.69) is 27.0 Å². The number of carbonyl (C=O) groups excluding carboxylic acids is 4. The van der Waals surface area contributed by atoms with Crippen LogP contribution in [0.4, 0.5) is 4.79 Å². The SMILES string of the molecule is C=CC1CC1(NC(=O)[C@@H]1C[C@@H]2CN1C(=O)[C@H](C(C)C)NC(=O)OC/C=C/CCOc1cnn2c(=O)c1-c1ccc2ccccc2c1)C(=O)NS(=O)(=O)C1CC1. The van der Waals surface area contributed by atoms with Crippen LogP contribution in [0.3, 0.4) is 0 Å². The van der Waals surface area contributed by atoms with Crippen molar-refractivity contribution in [1.82, 2.24) is 30.0 Å². The molecule has 5 atom stereocenters. The summed E-state index contributed by atoms with van der Waals surface area (Å²) in [6.45, 7) is 7.20. The number of nitrogens with zero attached hydrogens (tertiary/aromatic N) is 3. The van der Waals surface area contributed by atoms with E-state index in [0.717, 1.165) is 10.8 Å². The molecular weight excluding hydrogens is 729 g/mol. The highest BCUT2D eigenvalue weighted by Gasteiger charge is 2.62. The minimum atomic E-state index is -3.93. The number of amides is 4. The van der Waals surface area contributed by atoms with Gasteiger partial charge in [-0.15, -0.1) is 6.58 Å². The Labute approximate surface area is 318 Å². The largest absolute Gasteiger partial charge is 0.491 e. The molecule has 3 aliphatic heterocycles. The monoisotopic (exact) mass is 772 g/mol. The van der Waals surface area contributed by atoms with E-state index in [1.54, 1.807) is 26.0 Å². The number of alkyl carbamates (subject to hydrolysis) is 1. The van der Waals surface area contributed by atoms with Crippen molar-refractivity contribution < 1.29 is 37.1 Å². The molecule has 2 unspecified atom stereocenters. The van der Waals surface area contributed by atoms with Crippen LogP contribution in [0.15, 0.2) is 78.3 Å². The first-order chi connectivity index (χ1) is 26.3. The summed E-state index contributed by atoms with van der Waals surface area (Å²) in [5.74, 6) is -2.98. The molecule has 1 saturated heterocycles. The van der Waals surface area contributed by atoms with Crippen LogP contribution >= 0.6 is 0 Å². The van der Waals surface area contributed by atoms with E-state index in [1.807, 2.05) is 42.5 Å². The summed E-state index contributed by atoms with van der Waals surface area (Å²) in [4.78, 5) is 71.0. The standard InChI is InChI=1S/C39H44N6O9S/c1-4-27-20-39(27,37(49)43-55(51,52)29-14-15-29)42-34(46)30-19-28-22-44(30)36(48)33(23(2)3)41-38(50)54-17-9-5-8-16-53-31-21-40-45(28)35(47)32(31)26-13-12-24-10-6-7-11-25(24)18-26/h4-7,9-13,18,21,23,27-30,33H,1,8,14-17,19-20,22H2,2-3H3,(H,41,50)(H,42,46)(H,43,49)/b9-5+/t27?,28-,30+,33+,39?/m1/s1. The van der Waals surface area contributed by atoms with E-state index < -0.39 is 80.1 Å². The Bertz CT molecular complexity index is 2250. The molecule has 2 aromatic carbocycles. The van der Waals surface area contributed by atoms with Gasteiger partial charge >= 0.3 is 6.09 Å². The minimum absolute atomic E-state index is 0.0767. The number of hydrogen-bond donors (Lipinski definition) is 3. The maximum atomic E-state index is 14.6. The van der Waals surface area contributed by atoms with Gasteiger partial charge in [0, 0.05) is 18.9 Å². The summed E-state index contributed by atoms with van der Waals surface area (Å²) in [7, 11) is -3.93. The highest BCUT2D eigenvalue weighted by molar-refractivity contribution is 7.91. The third-order valence-corrected chi connectivity index (χ3v) is 12.5. The van der Waals surface area contributed by atoms with E-state index in [0.29, 0.717) is 24.8 Å². The molecule has 15 nitrogen and oxygen atoms in total. The summed E-state index contributed by atoms with van der Waals surface area (Å²) in [6, 6.07) is 10.2. The third-order valence-electron chi connectivity index (χ3n) is 10.7. The first-order valence-corrected chi connectivity index (χ1v) is 20.0. The van der Waals surface area contributed by atoms with Crippen molar-refractivity contribution in [3.8, 4) is 16.9 Å².